The first kappa shape index (κ1) is 13.8. The van der Waals surface area contributed by atoms with Crippen molar-refractivity contribution in [2.24, 2.45) is 0 Å². The summed E-state index contributed by atoms with van der Waals surface area (Å²) in [6.07, 6.45) is 0. The van der Waals surface area contributed by atoms with Crippen molar-refractivity contribution in [3.8, 4) is 0 Å². The van der Waals surface area contributed by atoms with Crippen molar-refractivity contribution in [1.82, 2.24) is 5.32 Å². The van der Waals surface area contributed by atoms with Gasteiger partial charge in [0.15, 0.2) is 0 Å². The number of benzene rings is 1. The van der Waals surface area contributed by atoms with Gasteiger partial charge in [0.05, 0.1) is 0 Å². The number of hydrogen-bond donors (Lipinski definition) is 1. The van der Waals surface area contributed by atoms with E-state index in [0.717, 1.165) is 30.1 Å². The summed E-state index contributed by atoms with van der Waals surface area (Å²) in [5.41, 5.74) is 4.18. The van der Waals surface area contributed by atoms with Crippen molar-refractivity contribution in [1.29, 1.82) is 0 Å². The van der Waals surface area contributed by atoms with Gasteiger partial charge in [0, 0.05) is 35.8 Å². The van der Waals surface area contributed by atoms with Crippen LogP contribution < -0.4 is 10.2 Å². The number of nitrogens with one attached hydrogen (secondary N) is 1. The van der Waals surface area contributed by atoms with Gasteiger partial charge in [-0.15, -0.1) is 0 Å². The zero-order valence-corrected chi connectivity index (χ0v) is 12.7. The molecular weight excluding hydrogens is 240 g/mol. The molecule has 0 radical (unpaired) electrons. The summed E-state index contributed by atoms with van der Waals surface area (Å²) in [4.78, 5) is 2.55. The van der Waals surface area contributed by atoms with Crippen LogP contribution in [0, 0.1) is 6.92 Å². The Kier molecular flexibility index (Phi) is 4.57. The van der Waals surface area contributed by atoms with E-state index >= 15 is 0 Å². The summed E-state index contributed by atoms with van der Waals surface area (Å²) in [7, 11) is 2.02. The molecule has 0 aromatic heterocycles. The van der Waals surface area contributed by atoms with Gasteiger partial charge in [-0.1, -0.05) is 31.5 Å². The third-order valence-corrected chi connectivity index (χ3v) is 4.59. The first-order valence-electron chi connectivity index (χ1n) is 6.74. The summed E-state index contributed by atoms with van der Waals surface area (Å²) >= 11 is 2.10. The topological polar surface area (TPSA) is 15.3 Å². The maximum absolute atomic E-state index is 3.28. The summed E-state index contributed by atoms with van der Waals surface area (Å²) in [6, 6.07) is 6.83. The van der Waals surface area contributed by atoms with E-state index in [1.807, 2.05) is 7.05 Å². The van der Waals surface area contributed by atoms with Crippen molar-refractivity contribution in [3.63, 3.8) is 0 Å². The van der Waals surface area contributed by atoms with Crippen LogP contribution >= 0.6 is 11.8 Å². The number of thioether (sulfide) groups is 1. The molecule has 0 amide bonds. The van der Waals surface area contributed by atoms with Gasteiger partial charge in [0.1, 0.15) is 0 Å². The van der Waals surface area contributed by atoms with Crippen LogP contribution in [0.2, 0.25) is 0 Å². The number of nitrogens with zero attached hydrogens (tertiary/aromatic N) is 1. The minimum atomic E-state index is 0.720. The predicted octanol–water partition coefficient (Wildman–Crippen LogP) is 3.04. The molecule has 0 bridgehead atoms. The van der Waals surface area contributed by atoms with Crippen LogP contribution in [-0.2, 0) is 6.54 Å². The van der Waals surface area contributed by atoms with E-state index < -0.39 is 0 Å². The van der Waals surface area contributed by atoms with Crippen LogP contribution in [0.3, 0.4) is 0 Å². The first-order valence-corrected chi connectivity index (χ1v) is 7.69. The molecule has 1 fully saturated rings. The molecule has 2 unspecified atom stereocenters. The standard InChI is InChI=1S/C15H24N2S/c1-11-5-6-15(14(7-11)8-16-4)17-9-12(2)18-13(3)10-17/h5-7,12-13,16H,8-10H2,1-4H3. The molecule has 2 atom stereocenters. The van der Waals surface area contributed by atoms with E-state index in [2.05, 4.69) is 60.9 Å². The highest BCUT2D eigenvalue weighted by molar-refractivity contribution is 8.00. The molecule has 1 heterocycles. The third kappa shape index (κ3) is 3.21. The molecule has 2 nitrogen and oxygen atoms in total. The van der Waals surface area contributed by atoms with Crippen LogP contribution in [0.1, 0.15) is 25.0 Å². The van der Waals surface area contributed by atoms with E-state index in [0.29, 0.717) is 0 Å². The molecule has 1 aliphatic heterocycles. The van der Waals surface area contributed by atoms with E-state index in [9.17, 15) is 0 Å². The lowest BCUT2D eigenvalue weighted by molar-refractivity contribution is 0.717. The normalized spacial score (nSPS) is 24.3. The van der Waals surface area contributed by atoms with Gasteiger partial charge in [0.2, 0.25) is 0 Å². The molecule has 0 aliphatic carbocycles. The van der Waals surface area contributed by atoms with Gasteiger partial charge in [-0.3, -0.25) is 0 Å². The number of aryl methyl sites for hydroxylation is 1. The average Bonchev–Trinajstić information content (AvgIpc) is 2.28. The van der Waals surface area contributed by atoms with Crippen LogP contribution in [0.5, 0.6) is 0 Å². The molecule has 2 rings (SSSR count). The summed E-state index contributed by atoms with van der Waals surface area (Å²) in [6.45, 7) is 10.1. The number of rotatable bonds is 3. The number of anilines is 1. The second-order valence-electron chi connectivity index (χ2n) is 5.32. The van der Waals surface area contributed by atoms with Gasteiger partial charge < -0.3 is 10.2 Å². The predicted molar refractivity (Wildman–Crippen MR) is 82.7 cm³/mol. The van der Waals surface area contributed by atoms with Crippen LogP contribution in [0.25, 0.3) is 0 Å². The maximum Gasteiger partial charge on any atom is 0.0412 e. The monoisotopic (exact) mass is 264 g/mol. The van der Waals surface area contributed by atoms with Gasteiger partial charge >= 0.3 is 0 Å². The van der Waals surface area contributed by atoms with Gasteiger partial charge in [-0.25, -0.2) is 0 Å². The lowest BCUT2D eigenvalue weighted by atomic mass is 10.1. The molecule has 1 saturated heterocycles. The lowest BCUT2D eigenvalue weighted by Crippen LogP contribution is -2.41. The Labute approximate surface area is 115 Å². The molecule has 0 saturated carbocycles. The summed E-state index contributed by atoms with van der Waals surface area (Å²) in [5.74, 6) is 0. The van der Waals surface area contributed by atoms with E-state index in [-0.39, 0.29) is 0 Å². The van der Waals surface area contributed by atoms with Crippen LogP contribution in [0.4, 0.5) is 5.69 Å². The summed E-state index contributed by atoms with van der Waals surface area (Å²) < 4.78 is 0. The molecule has 1 aromatic carbocycles. The molecule has 0 spiro atoms. The molecule has 1 aliphatic rings. The van der Waals surface area contributed by atoms with Gasteiger partial charge in [-0.05, 0) is 25.6 Å². The fourth-order valence-electron chi connectivity index (χ4n) is 2.73. The van der Waals surface area contributed by atoms with Crippen LogP contribution in [-0.4, -0.2) is 30.6 Å². The molecular formula is C15H24N2S. The Morgan fingerprint density at radius 3 is 2.56 bits per heavy atom. The van der Waals surface area contributed by atoms with E-state index in [4.69, 9.17) is 0 Å². The Morgan fingerprint density at radius 1 is 1.28 bits per heavy atom. The molecule has 1 aromatic rings. The van der Waals surface area contributed by atoms with Crippen LogP contribution in [0.15, 0.2) is 18.2 Å². The smallest absolute Gasteiger partial charge is 0.0412 e. The Bertz CT molecular complexity index is 395. The fourth-order valence-corrected chi connectivity index (χ4v) is 4.05. The second-order valence-corrected chi connectivity index (χ2v) is 7.21. The fraction of sp³-hybridized carbons (Fsp3) is 0.600. The quantitative estimate of drug-likeness (QED) is 0.903. The Hall–Kier alpha value is -0.670. The Morgan fingerprint density at radius 2 is 1.94 bits per heavy atom. The summed E-state index contributed by atoms with van der Waals surface area (Å²) in [5, 5.41) is 4.72. The SMILES string of the molecule is CNCc1cc(C)ccc1N1CC(C)SC(C)C1. The van der Waals surface area contributed by atoms with E-state index in [1.54, 1.807) is 0 Å². The van der Waals surface area contributed by atoms with Crippen molar-refractivity contribution in [3.05, 3.63) is 29.3 Å². The minimum absolute atomic E-state index is 0.720. The highest BCUT2D eigenvalue weighted by Crippen LogP contribution is 2.30. The average molecular weight is 264 g/mol. The first-order chi connectivity index (χ1) is 8.60. The lowest BCUT2D eigenvalue weighted by Gasteiger charge is -2.37. The molecule has 1 N–H and O–H groups in total. The maximum atomic E-state index is 3.28. The molecule has 3 heteroatoms. The Balaban J connectivity index is 2.25. The van der Waals surface area contributed by atoms with Crippen molar-refractivity contribution in [2.45, 2.75) is 37.8 Å². The zero-order valence-electron chi connectivity index (χ0n) is 11.9. The molecule has 100 valence electrons. The van der Waals surface area contributed by atoms with E-state index in [1.165, 1.54) is 16.8 Å². The van der Waals surface area contributed by atoms with Crippen molar-refractivity contribution in [2.75, 3.05) is 25.0 Å². The highest BCUT2D eigenvalue weighted by atomic mass is 32.2. The second kappa shape index (κ2) is 5.98. The molecule has 18 heavy (non-hydrogen) atoms. The third-order valence-electron chi connectivity index (χ3n) is 3.36. The zero-order chi connectivity index (χ0) is 13.1. The number of hydrogen-bond acceptors (Lipinski definition) is 3. The highest BCUT2D eigenvalue weighted by Gasteiger charge is 2.23. The minimum Gasteiger partial charge on any atom is -0.369 e. The van der Waals surface area contributed by atoms with Gasteiger partial charge in [-0.2, -0.15) is 11.8 Å². The van der Waals surface area contributed by atoms with Crippen molar-refractivity contribution >= 4 is 17.4 Å². The van der Waals surface area contributed by atoms with Crippen molar-refractivity contribution < 1.29 is 0 Å². The largest absolute Gasteiger partial charge is 0.369 e. The van der Waals surface area contributed by atoms with Gasteiger partial charge in [0.25, 0.3) is 0 Å².